The Kier molecular flexibility index (Phi) is 6.92. The molecule has 32 heavy (non-hydrogen) atoms. The van der Waals surface area contributed by atoms with E-state index in [1.54, 1.807) is 31.4 Å². The van der Waals surface area contributed by atoms with E-state index in [-0.39, 0.29) is 5.91 Å². The minimum Gasteiger partial charge on any atom is -0.497 e. The molecule has 0 saturated carbocycles. The molecule has 1 N–H and O–H groups in total. The molecule has 3 aromatic carbocycles. The first kappa shape index (κ1) is 21.7. The quantitative estimate of drug-likeness (QED) is 0.361. The molecule has 4 aromatic rings. The average molecular weight is 450 g/mol. The Bertz CT molecular complexity index is 1200. The monoisotopic (exact) mass is 449 g/mol. The van der Waals surface area contributed by atoms with Gasteiger partial charge < -0.3 is 19.4 Å². The Hall–Kier alpha value is -3.51. The second-order valence-corrected chi connectivity index (χ2v) is 7.68. The third kappa shape index (κ3) is 5.21. The van der Waals surface area contributed by atoms with Crippen LogP contribution < -0.4 is 14.8 Å². The molecule has 7 heteroatoms. The third-order valence-electron chi connectivity index (χ3n) is 5.08. The smallest absolute Gasteiger partial charge is 0.251 e. The molecule has 4 rings (SSSR count). The van der Waals surface area contributed by atoms with E-state index in [1.165, 1.54) is 0 Å². The van der Waals surface area contributed by atoms with Crippen LogP contribution in [0.25, 0.3) is 11.0 Å². The normalized spacial score (nSPS) is 10.8. The maximum absolute atomic E-state index is 12.5. The van der Waals surface area contributed by atoms with Crippen LogP contribution >= 0.6 is 11.6 Å². The minimum absolute atomic E-state index is 0.165. The van der Waals surface area contributed by atoms with E-state index in [0.717, 1.165) is 41.3 Å². The molecule has 1 amide bonds. The second kappa shape index (κ2) is 10.2. The highest BCUT2D eigenvalue weighted by molar-refractivity contribution is 6.30. The third-order valence-corrected chi connectivity index (χ3v) is 5.34. The van der Waals surface area contributed by atoms with Crippen molar-refractivity contribution >= 4 is 28.5 Å². The molecule has 0 fully saturated rings. The second-order valence-electron chi connectivity index (χ2n) is 7.24. The van der Waals surface area contributed by atoms with Crippen molar-refractivity contribution in [3.05, 3.63) is 89.2 Å². The molecule has 0 atom stereocenters. The van der Waals surface area contributed by atoms with Gasteiger partial charge in [-0.3, -0.25) is 4.79 Å². The van der Waals surface area contributed by atoms with E-state index >= 15 is 0 Å². The molecule has 0 saturated heterocycles. The molecule has 1 heterocycles. The predicted molar refractivity (Wildman–Crippen MR) is 125 cm³/mol. The molecule has 0 unspecified atom stereocenters. The van der Waals surface area contributed by atoms with Gasteiger partial charge in [0.25, 0.3) is 5.91 Å². The van der Waals surface area contributed by atoms with Crippen LogP contribution in [-0.2, 0) is 13.1 Å². The largest absolute Gasteiger partial charge is 0.497 e. The standard InChI is InChI=1S/C25H24ClN3O3/c1-31-20-6-4-7-21(16-20)32-15-5-14-29-23-9-3-2-8-22(23)28-24(29)17-27-25(30)18-10-12-19(26)13-11-18/h2-4,6-13,16H,5,14-15,17H2,1H3,(H,27,30). The van der Waals surface area contributed by atoms with Crippen molar-refractivity contribution in [2.24, 2.45) is 0 Å². The van der Waals surface area contributed by atoms with Crippen molar-refractivity contribution < 1.29 is 14.3 Å². The highest BCUT2D eigenvalue weighted by Crippen LogP contribution is 2.20. The number of imidazole rings is 1. The number of methoxy groups -OCH3 is 1. The van der Waals surface area contributed by atoms with Crippen molar-refractivity contribution in [3.63, 3.8) is 0 Å². The highest BCUT2D eigenvalue weighted by Gasteiger charge is 2.12. The van der Waals surface area contributed by atoms with E-state index in [0.29, 0.717) is 23.7 Å². The Morgan fingerprint density at radius 1 is 1.03 bits per heavy atom. The fourth-order valence-electron chi connectivity index (χ4n) is 3.48. The first-order chi connectivity index (χ1) is 15.6. The summed E-state index contributed by atoms with van der Waals surface area (Å²) in [6.07, 6.45) is 0.787. The first-order valence-electron chi connectivity index (χ1n) is 10.4. The Balaban J connectivity index is 1.41. The zero-order valence-corrected chi connectivity index (χ0v) is 18.5. The molecule has 0 radical (unpaired) electrons. The van der Waals surface area contributed by atoms with Gasteiger partial charge in [-0.05, 0) is 55.0 Å². The number of benzene rings is 3. The lowest BCUT2D eigenvalue weighted by Gasteiger charge is -2.12. The molecule has 164 valence electrons. The number of halogens is 1. The number of rotatable bonds is 9. The Morgan fingerprint density at radius 2 is 1.81 bits per heavy atom. The molecule has 6 nitrogen and oxygen atoms in total. The van der Waals surface area contributed by atoms with Crippen LogP contribution in [-0.4, -0.2) is 29.2 Å². The molecule has 0 spiro atoms. The number of para-hydroxylation sites is 2. The number of fused-ring (bicyclic) bond motifs is 1. The number of ether oxygens (including phenoxy) is 2. The van der Waals surface area contributed by atoms with Crippen molar-refractivity contribution in [2.75, 3.05) is 13.7 Å². The lowest BCUT2D eigenvalue weighted by Crippen LogP contribution is -2.25. The van der Waals surface area contributed by atoms with Gasteiger partial charge in [0.1, 0.15) is 17.3 Å². The number of nitrogens with zero attached hydrogens (tertiary/aromatic N) is 2. The summed E-state index contributed by atoms with van der Waals surface area (Å²) in [7, 11) is 1.64. The SMILES string of the molecule is COc1cccc(OCCCn2c(CNC(=O)c3ccc(Cl)cc3)nc3ccccc32)c1. The van der Waals surface area contributed by atoms with Gasteiger partial charge in [0.15, 0.2) is 0 Å². The maximum Gasteiger partial charge on any atom is 0.251 e. The van der Waals surface area contributed by atoms with Gasteiger partial charge in [-0.1, -0.05) is 29.8 Å². The molecule has 1 aromatic heterocycles. The van der Waals surface area contributed by atoms with Crippen molar-refractivity contribution in [3.8, 4) is 11.5 Å². The lowest BCUT2D eigenvalue weighted by atomic mass is 10.2. The van der Waals surface area contributed by atoms with E-state index in [9.17, 15) is 4.79 Å². The lowest BCUT2D eigenvalue weighted by molar-refractivity contribution is 0.0949. The zero-order valence-electron chi connectivity index (χ0n) is 17.8. The van der Waals surface area contributed by atoms with Crippen LogP contribution in [0.5, 0.6) is 11.5 Å². The summed E-state index contributed by atoms with van der Waals surface area (Å²) in [4.78, 5) is 17.2. The van der Waals surface area contributed by atoms with Gasteiger partial charge in [0, 0.05) is 23.2 Å². The summed E-state index contributed by atoms with van der Waals surface area (Å²) >= 11 is 5.91. The number of nitrogens with one attached hydrogen (secondary N) is 1. The van der Waals surface area contributed by atoms with Crippen LogP contribution in [0.2, 0.25) is 5.02 Å². The molecular formula is C25H24ClN3O3. The van der Waals surface area contributed by atoms with Crippen molar-refractivity contribution in [1.82, 2.24) is 14.9 Å². The van der Waals surface area contributed by atoms with E-state index < -0.39 is 0 Å². The van der Waals surface area contributed by atoms with Gasteiger partial charge in [-0.15, -0.1) is 0 Å². The van der Waals surface area contributed by atoms with Gasteiger partial charge >= 0.3 is 0 Å². The highest BCUT2D eigenvalue weighted by atomic mass is 35.5. The van der Waals surface area contributed by atoms with Crippen LogP contribution in [0.1, 0.15) is 22.6 Å². The number of aromatic nitrogens is 2. The summed E-state index contributed by atoms with van der Waals surface area (Å²) < 4.78 is 13.2. The van der Waals surface area contributed by atoms with Crippen LogP contribution in [0.15, 0.2) is 72.8 Å². The van der Waals surface area contributed by atoms with Gasteiger partial charge in [-0.2, -0.15) is 0 Å². The van der Waals surface area contributed by atoms with E-state index in [1.807, 2.05) is 48.5 Å². The fraction of sp³-hybridized carbons (Fsp3) is 0.200. The summed E-state index contributed by atoms with van der Waals surface area (Å²) in [5, 5.41) is 3.55. The van der Waals surface area contributed by atoms with Gasteiger partial charge in [0.2, 0.25) is 0 Å². The van der Waals surface area contributed by atoms with Gasteiger partial charge in [0.05, 0.1) is 31.3 Å². The number of hydrogen-bond acceptors (Lipinski definition) is 4. The Morgan fingerprint density at radius 3 is 2.62 bits per heavy atom. The molecule has 0 aliphatic rings. The number of carbonyl (C=O) groups excluding carboxylic acids is 1. The number of carbonyl (C=O) groups is 1. The predicted octanol–water partition coefficient (Wildman–Crippen LogP) is 5.10. The van der Waals surface area contributed by atoms with Crippen LogP contribution in [0, 0.1) is 0 Å². The van der Waals surface area contributed by atoms with E-state index in [4.69, 9.17) is 26.1 Å². The number of hydrogen-bond donors (Lipinski definition) is 1. The molecule has 0 aliphatic heterocycles. The molecule has 0 bridgehead atoms. The summed E-state index contributed by atoms with van der Waals surface area (Å²) in [5.74, 6) is 2.17. The summed E-state index contributed by atoms with van der Waals surface area (Å²) in [6.45, 7) is 1.60. The van der Waals surface area contributed by atoms with Gasteiger partial charge in [-0.25, -0.2) is 4.98 Å². The van der Waals surface area contributed by atoms with E-state index in [2.05, 4.69) is 9.88 Å². The summed E-state index contributed by atoms with van der Waals surface area (Å²) in [5.41, 5.74) is 2.49. The fourth-order valence-corrected chi connectivity index (χ4v) is 3.60. The number of amides is 1. The van der Waals surface area contributed by atoms with Crippen molar-refractivity contribution in [1.29, 1.82) is 0 Å². The maximum atomic E-state index is 12.5. The average Bonchev–Trinajstić information content (AvgIpc) is 3.18. The van der Waals surface area contributed by atoms with Crippen molar-refractivity contribution in [2.45, 2.75) is 19.5 Å². The molecule has 0 aliphatic carbocycles. The summed E-state index contributed by atoms with van der Waals surface area (Å²) in [6, 6.07) is 22.3. The Labute approximate surface area is 191 Å². The number of aryl methyl sites for hydroxylation is 1. The first-order valence-corrected chi connectivity index (χ1v) is 10.8. The van der Waals surface area contributed by atoms with Crippen LogP contribution in [0.4, 0.5) is 0 Å². The minimum atomic E-state index is -0.165. The zero-order chi connectivity index (χ0) is 22.3. The molecular weight excluding hydrogens is 426 g/mol. The van der Waals surface area contributed by atoms with Crippen LogP contribution in [0.3, 0.4) is 0 Å². The topological polar surface area (TPSA) is 65.4 Å².